The largest absolute Gasteiger partial charge is 0.481 e. The number of hydrogen-bond acceptors (Lipinski definition) is 6. The molecule has 0 saturated carbocycles. The molecule has 20 heavy (non-hydrogen) atoms. The van der Waals surface area contributed by atoms with Gasteiger partial charge in [0.1, 0.15) is 22.9 Å². The topological polar surface area (TPSA) is 75.5 Å². The minimum atomic E-state index is -0.818. The van der Waals surface area contributed by atoms with Gasteiger partial charge in [0.05, 0.1) is 24.6 Å². The van der Waals surface area contributed by atoms with Gasteiger partial charge in [-0.3, -0.25) is 4.79 Å². The van der Waals surface area contributed by atoms with Gasteiger partial charge in [0.25, 0.3) is 0 Å². The Kier molecular flexibility index (Phi) is 3.54. The summed E-state index contributed by atoms with van der Waals surface area (Å²) < 4.78 is 5.37. The lowest BCUT2D eigenvalue weighted by Crippen LogP contribution is -2.43. The number of fused-ring (bicyclic) bond motifs is 1. The standard InChI is InChI=1S/C13H15N3O3S/c1-2-16(10-6-19-5-9(10)13(17)18)11-8-3-4-20-12(8)15-7-14-11/h3-4,7,9-10H,2,5-6H2,1H3,(H,17,18). The van der Waals surface area contributed by atoms with Gasteiger partial charge < -0.3 is 14.7 Å². The van der Waals surface area contributed by atoms with E-state index >= 15 is 0 Å². The number of hydrogen-bond donors (Lipinski definition) is 1. The summed E-state index contributed by atoms with van der Waals surface area (Å²) in [6, 6.07) is 1.79. The van der Waals surface area contributed by atoms with Crippen LogP contribution in [0.3, 0.4) is 0 Å². The first-order valence-corrected chi connectivity index (χ1v) is 7.35. The van der Waals surface area contributed by atoms with Gasteiger partial charge in [-0.15, -0.1) is 11.3 Å². The van der Waals surface area contributed by atoms with Crippen molar-refractivity contribution in [3.8, 4) is 0 Å². The summed E-state index contributed by atoms with van der Waals surface area (Å²) in [6.07, 6.45) is 1.53. The number of aromatic nitrogens is 2. The molecule has 0 bridgehead atoms. The molecule has 0 amide bonds. The fourth-order valence-electron chi connectivity index (χ4n) is 2.63. The minimum absolute atomic E-state index is 0.185. The van der Waals surface area contributed by atoms with Crippen LogP contribution < -0.4 is 4.90 Å². The molecule has 1 N–H and O–H groups in total. The van der Waals surface area contributed by atoms with Crippen molar-refractivity contribution < 1.29 is 14.6 Å². The van der Waals surface area contributed by atoms with Crippen LogP contribution >= 0.6 is 11.3 Å². The molecule has 0 spiro atoms. The maximum atomic E-state index is 11.3. The molecule has 6 nitrogen and oxygen atoms in total. The van der Waals surface area contributed by atoms with Gasteiger partial charge in [0.2, 0.25) is 0 Å². The van der Waals surface area contributed by atoms with Crippen LogP contribution in [0.15, 0.2) is 17.8 Å². The fourth-order valence-corrected chi connectivity index (χ4v) is 3.36. The second-order valence-electron chi connectivity index (χ2n) is 4.67. The molecular formula is C13H15N3O3S. The van der Waals surface area contributed by atoms with Crippen LogP contribution in [0.2, 0.25) is 0 Å². The van der Waals surface area contributed by atoms with E-state index in [0.717, 1.165) is 16.0 Å². The predicted molar refractivity (Wildman–Crippen MR) is 76.2 cm³/mol. The van der Waals surface area contributed by atoms with E-state index in [-0.39, 0.29) is 12.6 Å². The number of aliphatic carboxylic acids is 1. The third-order valence-electron chi connectivity index (χ3n) is 3.62. The number of rotatable bonds is 4. The number of anilines is 1. The van der Waals surface area contributed by atoms with Crippen LogP contribution in [0.25, 0.3) is 10.2 Å². The van der Waals surface area contributed by atoms with Crippen LogP contribution in [0.5, 0.6) is 0 Å². The van der Waals surface area contributed by atoms with Crippen molar-refractivity contribution in [3.05, 3.63) is 17.8 Å². The van der Waals surface area contributed by atoms with E-state index in [1.807, 2.05) is 23.3 Å². The van der Waals surface area contributed by atoms with Crippen LogP contribution in [0.4, 0.5) is 5.82 Å². The van der Waals surface area contributed by atoms with Gasteiger partial charge >= 0.3 is 5.97 Å². The highest BCUT2D eigenvalue weighted by Crippen LogP contribution is 2.31. The second kappa shape index (κ2) is 5.34. The maximum Gasteiger partial charge on any atom is 0.311 e. The molecule has 1 fully saturated rings. The highest BCUT2D eigenvalue weighted by Gasteiger charge is 2.38. The Balaban J connectivity index is 2.01. The Hall–Kier alpha value is -1.73. The fraction of sp³-hybridized carbons (Fsp3) is 0.462. The van der Waals surface area contributed by atoms with Crippen molar-refractivity contribution in [1.29, 1.82) is 0 Å². The first-order chi connectivity index (χ1) is 9.72. The Labute approximate surface area is 120 Å². The van der Waals surface area contributed by atoms with Crippen LogP contribution in [-0.2, 0) is 9.53 Å². The van der Waals surface area contributed by atoms with Gasteiger partial charge in [-0.2, -0.15) is 0 Å². The normalized spacial score (nSPS) is 22.2. The van der Waals surface area contributed by atoms with Crippen molar-refractivity contribution in [3.63, 3.8) is 0 Å². The zero-order chi connectivity index (χ0) is 14.1. The lowest BCUT2D eigenvalue weighted by atomic mass is 10.0. The number of carboxylic acids is 1. The Morgan fingerprint density at radius 3 is 3.15 bits per heavy atom. The number of likely N-dealkylation sites (N-methyl/N-ethyl adjacent to an activating group) is 1. The van der Waals surface area contributed by atoms with E-state index in [1.54, 1.807) is 11.3 Å². The molecule has 3 rings (SSSR count). The number of carbonyl (C=O) groups is 1. The van der Waals surface area contributed by atoms with E-state index in [4.69, 9.17) is 4.74 Å². The smallest absolute Gasteiger partial charge is 0.311 e. The van der Waals surface area contributed by atoms with Crippen molar-refractivity contribution in [2.45, 2.75) is 13.0 Å². The number of nitrogens with zero attached hydrogens (tertiary/aromatic N) is 3. The van der Waals surface area contributed by atoms with Gasteiger partial charge in [-0.05, 0) is 18.4 Å². The van der Waals surface area contributed by atoms with E-state index in [9.17, 15) is 9.90 Å². The highest BCUT2D eigenvalue weighted by atomic mass is 32.1. The van der Waals surface area contributed by atoms with Gasteiger partial charge in [0.15, 0.2) is 0 Å². The summed E-state index contributed by atoms with van der Waals surface area (Å²) in [5.74, 6) is -0.541. The molecule has 7 heteroatoms. The molecule has 2 aromatic heterocycles. The van der Waals surface area contributed by atoms with Gasteiger partial charge in [-0.25, -0.2) is 9.97 Å². The van der Waals surface area contributed by atoms with Crippen LogP contribution in [0.1, 0.15) is 6.92 Å². The first-order valence-electron chi connectivity index (χ1n) is 6.47. The van der Waals surface area contributed by atoms with Gasteiger partial charge in [-0.1, -0.05) is 0 Å². The Morgan fingerprint density at radius 1 is 1.55 bits per heavy atom. The molecule has 0 aromatic carbocycles. The molecule has 0 radical (unpaired) electrons. The third-order valence-corrected chi connectivity index (χ3v) is 4.44. The average Bonchev–Trinajstić information content (AvgIpc) is 3.08. The van der Waals surface area contributed by atoms with Crippen molar-refractivity contribution in [2.75, 3.05) is 24.7 Å². The Bertz CT molecular complexity index is 630. The zero-order valence-electron chi connectivity index (χ0n) is 11.0. The highest BCUT2D eigenvalue weighted by molar-refractivity contribution is 7.16. The summed E-state index contributed by atoms with van der Waals surface area (Å²) in [5.41, 5.74) is 0. The van der Waals surface area contributed by atoms with E-state index in [1.165, 1.54) is 6.33 Å². The predicted octanol–water partition coefficient (Wildman–Crippen LogP) is 1.62. The van der Waals surface area contributed by atoms with Crippen LogP contribution in [-0.4, -0.2) is 46.8 Å². The third kappa shape index (κ3) is 2.12. The number of thiophene rings is 1. The average molecular weight is 293 g/mol. The van der Waals surface area contributed by atoms with Crippen LogP contribution in [0, 0.1) is 5.92 Å². The summed E-state index contributed by atoms with van der Waals surface area (Å²) in [6.45, 7) is 3.35. The molecule has 2 unspecified atom stereocenters. The molecule has 0 aliphatic carbocycles. The molecule has 1 saturated heterocycles. The lowest BCUT2D eigenvalue weighted by molar-refractivity contribution is -0.141. The van der Waals surface area contributed by atoms with E-state index < -0.39 is 11.9 Å². The molecular weight excluding hydrogens is 278 g/mol. The maximum absolute atomic E-state index is 11.3. The molecule has 1 aliphatic heterocycles. The summed E-state index contributed by atoms with van der Waals surface area (Å²) in [7, 11) is 0. The first kappa shape index (κ1) is 13.3. The number of ether oxygens (including phenoxy) is 1. The van der Waals surface area contributed by atoms with Crippen molar-refractivity contribution in [1.82, 2.24) is 9.97 Å². The molecule has 2 aromatic rings. The quantitative estimate of drug-likeness (QED) is 0.923. The number of carboxylic acid groups (broad SMARTS) is 1. The Morgan fingerprint density at radius 2 is 2.40 bits per heavy atom. The summed E-state index contributed by atoms with van der Waals surface area (Å²) in [5, 5.41) is 12.2. The van der Waals surface area contributed by atoms with Crippen molar-refractivity contribution >= 4 is 33.3 Å². The zero-order valence-corrected chi connectivity index (χ0v) is 11.8. The molecule has 106 valence electrons. The minimum Gasteiger partial charge on any atom is -0.481 e. The van der Waals surface area contributed by atoms with Gasteiger partial charge in [0, 0.05) is 6.54 Å². The lowest BCUT2D eigenvalue weighted by Gasteiger charge is -2.30. The molecule has 2 atom stereocenters. The summed E-state index contributed by atoms with van der Waals surface area (Å²) >= 11 is 1.55. The van der Waals surface area contributed by atoms with E-state index in [0.29, 0.717) is 13.2 Å². The molecule has 3 heterocycles. The second-order valence-corrected chi connectivity index (χ2v) is 5.57. The summed E-state index contributed by atoms with van der Waals surface area (Å²) in [4.78, 5) is 22.9. The monoisotopic (exact) mass is 293 g/mol. The van der Waals surface area contributed by atoms with E-state index in [2.05, 4.69) is 9.97 Å². The SMILES string of the molecule is CCN(c1ncnc2sccc12)C1COCC1C(=O)O. The molecule has 1 aliphatic rings. The van der Waals surface area contributed by atoms with Crippen molar-refractivity contribution in [2.24, 2.45) is 5.92 Å².